The number of piperidine rings is 1. The lowest BCUT2D eigenvalue weighted by Crippen LogP contribution is -2.38. The van der Waals surface area contributed by atoms with Crippen LogP contribution in [0.25, 0.3) is 11.0 Å². The predicted molar refractivity (Wildman–Crippen MR) is 85.1 cm³/mol. The Balaban J connectivity index is 1.51. The first-order valence-corrected chi connectivity index (χ1v) is 7.83. The van der Waals surface area contributed by atoms with Gasteiger partial charge < -0.3 is 13.9 Å². The van der Waals surface area contributed by atoms with Gasteiger partial charge in [0.2, 0.25) is 5.76 Å². The predicted octanol–water partition coefficient (Wildman–Crippen LogP) is 2.58. The minimum absolute atomic E-state index is 0.0778. The molecule has 6 heteroatoms. The molecule has 3 heterocycles. The molecule has 0 N–H and O–H groups in total. The second-order valence-corrected chi connectivity index (χ2v) is 5.95. The zero-order valence-corrected chi connectivity index (χ0v) is 13.0. The fourth-order valence-corrected chi connectivity index (χ4v) is 3.35. The molecule has 6 nitrogen and oxygen atoms in total. The van der Waals surface area contributed by atoms with Gasteiger partial charge in [0.1, 0.15) is 5.82 Å². The van der Waals surface area contributed by atoms with Gasteiger partial charge in [-0.25, -0.2) is 9.97 Å². The van der Waals surface area contributed by atoms with Crippen LogP contribution in [0, 0.1) is 0 Å². The maximum absolute atomic E-state index is 12.3. The molecule has 1 fully saturated rings. The summed E-state index contributed by atoms with van der Waals surface area (Å²) in [5.41, 5.74) is 2.19. The first-order valence-electron chi connectivity index (χ1n) is 7.83. The molecule has 0 radical (unpaired) electrons. The van der Waals surface area contributed by atoms with E-state index in [2.05, 4.69) is 22.7 Å². The van der Waals surface area contributed by atoms with Gasteiger partial charge >= 0.3 is 0 Å². The molecule has 23 heavy (non-hydrogen) atoms. The lowest BCUT2D eigenvalue weighted by atomic mass is 9.96. The molecule has 0 spiro atoms. The minimum Gasteiger partial charge on any atom is -0.438 e. The molecule has 1 amide bonds. The smallest absolute Gasteiger partial charge is 0.291 e. The van der Waals surface area contributed by atoms with Crippen molar-refractivity contribution in [3.05, 3.63) is 48.4 Å². The minimum atomic E-state index is -0.0778. The zero-order valence-electron chi connectivity index (χ0n) is 13.0. The Kier molecular flexibility index (Phi) is 3.37. The number of amides is 1. The number of carbonyl (C=O) groups is 1. The number of para-hydroxylation sites is 2. The van der Waals surface area contributed by atoms with Gasteiger partial charge in [-0.05, 0) is 25.0 Å². The third kappa shape index (κ3) is 2.40. The number of rotatable bonds is 2. The fraction of sp³-hybridized carbons (Fsp3) is 0.353. The number of hydrogen-bond donors (Lipinski definition) is 0. The molecule has 0 atom stereocenters. The molecule has 0 aliphatic carbocycles. The van der Waals surface area contributed by atoms with E-state index < -0.39 is 0 Å². The van der Waals surface area contributed by atoms with Gasteiger partial charge in [-0.2, -0.15) is 0 Å². The number of oxazole rings is 1. The molecule has 1 aromatic carbocycles. The highest BCUT2D eigenvalue weighted by Crippen LogP contribution is 2.30. The molecule has 2 aromatic heterocycles. The number of carbonyl (C=O) groups excluding carboxylic acids is 1. The van der Waals surface area contributed by atoms with Crippen LogP contribution in [0.3, 0.4) is 0 Å². The molecule has 1 aliphatic rings. The Bertz CT molecular complexity index is 830. The molecule has 0 bridgehead atoms. The standard InChI is InChI=1S/C17H18N4O2/c1-20-14-5-3-2-4-13(14)19-16(20)12-6-8-21(9-7-12)17(22)15-10-18-11-23-15/h2-5,10-12H,6-9H2,1H3. The third-order valence-corrected chi connectivity index (χ3v) is 4.61. The van der Waals surface area contributed by atoms with E-state index in [0.29, 0.717) is 24.8 Å². The maximum Gasteiger partial charge on any atom is 0.291 e. The summed E-state index contributed by atoms with van der Waals surface area (Å²) >= 11 is 0. The van der Waals surface area contributed by atoms with Crippen LogP contribution < -0.4 is 0 Å². The average molecular weight is 310 g/mol. The molecule has 0 saturated carbocycles. The van der Waals surface area contributed by atoms with Gasteiger partial charge in [-0.3, -0.25) is 4.79 Å². The number of likely N-dealkylation sites (tertiary alicyclic amines) is 1. The lowest BCUT2D eigenvalue weighted by molar-refractivity contribution is 0.0678. The summed E-state index contributed by atoms with van der Waals surface area (Å²) in [4.78, 5) is 22.7. The molecular formula is C17H18N4O2. The number of aryl methyl sites for hydroxylation is 1. The van der Waals surface area contributed by atoms with E-state index in [1.807, 2.05) is 23.1 Å². The number of imidazole rings is 1. The van der Waals surface area contributed by atoms with E-state index in [9.17, 15) is 4.79 Å². The van der Waals surface area contributed by atoms with E-state index in [1.165, 1.54) is 12.6 Å². The van der Waals surface area contributed by atoms with Gasteiger partial charge in [0.15, 0.2) is 6.39 Å². The second-order valence-electron chi connectivity index (χ2n) is 5.95. The van der Waals surface area contributed by atoms with Crippen LogP contribution in [0.15, 0.2) is 41.3 Å². The monoisotopic (exact) mass is 310 g/mol. The largest absolute Gasteiger partial charge is 0.438 e. The summed E-state index contributed by atoms with van der Waals surface area (Å²) in [6, 6.07) is 8.18. The van der Waals surface area contributed by atoms with Crippen molar-refractivity contribution < 1.29 is 9.21 Å². The van der Waals surface area contributed by atoms with Crippen LogP contribution in [0.5, 0.6) is 0 Å². The van der Waals surface area contributed by atoms with Crippen molar-refractivity contribution in [1.82, 2.24) is 19.4 Å². The summed E-state index contributed by atoms with van der Waals surface area (Å²) in [5, 5.41) is 0. The summed E-state index contributed by atoms with van der Waals surface area (Å²) in [6.07, 6.45) is 4.59. The number of nitrogens with zero attached hydrogens (tertiary/aromatic N) is 4. The summed E-state index contributed by atoms with van der Waals surface area (Å²) < 4.78 is 7.27. The van der Waals surface area contributed by atoms with Crippen molar-refractivity contribution in [2.75, 3.05) is 13.1 Å². The SMILES string of the molecule is Cn1c(C2CCN(C(=O)c3cnco3)CC2)nc2ccccc21. The average Bonchev–Trinajstić information content (AvgIpc) is 3.23. The Morgan fingerprint density at radius 2 is 2.04 bits per heavy atom. The van der Waals surface area contributed by atoms with Crippen molar-refractivity contribution in [1.29, 1.82) is 0 Å². The molecule has 0 unspecified atom stereocenters. The molecule has 1 aliphatic heterocycles. The van der Waals surface area contributed by atoms with Crippen LogP contribution in [-0.4, -0.2) is 38.4 Å². The van der Waals surface area contributed by atoms with E-state index in [1.54, 1.807) is 0 Å². The van der Waals surface area contributed by atoms with Crippen LogP contribution in [0.4, 0.5) is 0 Å². The topological polar surface area (TPSA) is 64.2 Å². The van der Waals surface area contributed by atoms with Crippen LogP contribution in [-0.2, 0) is 7.05 Å². The Morgan fingerprint density at radius 1 is 1.26 bits per heavy atom. The molecule has 3 aromatic rings. The molecule has 1 saturated heterocycles. The van der Waals surface area contributed by atoms with Crippen molar-refractivity contribution in [2.45, 2.75) is 18.8 Å². The first-order chi connectivity index (χ1) is 11.2. The number of aromatic nitrogens is 3. The van der Waals surface area contributed by atoms with Gasteiger partial charge in [-0.1, -0.05) is 12.1 Å². The van der Waals surface area contributed by atoms with Crippen LogP contribution >= 0.6 is 0 Å². The van der Waals surface area contributed by atoms with E-state index in [-0.39, 0.29) is 5.91 Å². The van der Waals surface area contributed by atoms with E-state index in [4.69, 9.17) is 9.40 Å². The maximum atomic E-state index is 12.3. The number of fused-ring (bicyclic) bond motifs is 1. The first kappa shape index (κ1) is 14.0. The Morgan fingerprint density at radius 3 is 2.74 bits per heavy atom. The second kappa shape index (κ2) is 5.53. The zero-order chi connectivity index (χ0) is 15.8. The summed E-state index contributed by atoms with van der Waals surface area (Å²) in [7, 11) is 2.07. The van der Waals surface area contributed by atoms with Gasteiger partial charge in [0, 0.05) is 26.1 Å². The van der Waals surface area contributed by atoms with Crippen molar-refractivity contribution in [3.8, 4) is 0 Å². The number of hydrogen-bond acceptors (Lipinski definition) is 4. The number of benzene rings is 1. The summed E-state index contributed by atoms with van der Waals surface area (Å²) in [6.45, 7) is 1.43. The van der Waals surface area contributed by atoms with Crippen molar-refractivity contribution in [2.24, 2.45) is 7.05 Å². The molecular weight excluding hydrogens is 292 g/mol. The molecule has 118 valence electrons. The highest BCUT2D eigenvalue weighted by Gasteiger charge is 2.28. The normalized spacial score (nSPS) is 16.1. The van der Waals surface area contributed by atoms with E-state index in [0.717, 1.165) is 29.7 Å². The van der Waals surface area contributed by atoms with E-state index >= 15 is 0 Å². The quantitative estimate of drug-likeness (QED) is 0.730. The Hall–Kier alpha value is -2.63. The van der Waals surface area contributed by atoms with Gasteiger partial charge in [-0.15, -0.1) is 0 Å². The van der Waals surface area contributed by atoms with Crippen molar-refractivity contribution >= 4 is 16.9 Å². The van der Waals surface area contributed by atoms with Gasteiger partial charge in [0.05, 0.1) is 17.2 Å². The van der Waals surface area contributed by atoms with Crippen LogP contribution in [0.2, 0.25) is 0 Å². The Labute approximate surface area is 133 Å². The lowest BCUT2D eigenvalue weighted by Gasteiger charge is -2.31. The highest BCUT2D eigenvalue weighted by atomic mass is 16.3. The van der Waals surface area contributed by atoms with Gasteiger partial charge in [0.25, 0.3) is 5.91 Å². The third-order valence-electron chi connectivity index (χ3n) is 4.61. The molecule has 4 rings (SSSR count). The highest BCUT2D eigenvalue weighted by molar-refractivity contribution is 5.91. The summed E-state index contributed by atoms with van der Waals surface area (Å²) in [5.74, 6) is 1.72. The van der Waals surface area contributed by atoms with Crippen LogP contribution in [0.1, 0.15) is 35.1 Å². The van der Waals surface area contributed by atoms with Crippen molar-refractivity contribution in [3.63, 3.8) is 0 Å². The fourth-order valence-electron chi connectivity index (χ4n) is 3.35.